The largest absolute Gasteiger partial charge is 0.490 e. The van der Waals surface area contributed by atoms with Crippen LogP contribution in [-0.2, 0) is 4.74 Å². The number of nitrogens with zero attached hydrogens (tertiary/aromatic N) is 1. The van der Waals surface area contributed by atoms with Gasteiger partial charge in [0.15, 0.2) is 0 Å². The van der Waals surface area contributed by atoms with E-state index in [4.69, 9.17) is 9.47 Å². The second-order valence-corrected chi connectivity index (χ2v) is 8.21. The first-order chi connectivity index (χ1) is 11.6. The van der Waals surface area contributed by atoms with E-state index in [9.17, 15) is 0 Å². The molecule has 2 aliphatic rings. The van der Waals surface area contributed by atoms with E-state index in [-0.39, 0.29) is 6.10 Å². The second kappa shape index (κ2) is 7.88. The number of benzene rings is 1. The number of rotatable bonds is 5. The summed E-state index contributed by atoms with van der Waals surface area (Å²) in [5.41, 5.74) is 1.76. The standard InChI is InChI=1S/C21H33NO2/c1-4-13-22-14-15-23-20(16-22)17-5-7-18(8-6-17)24-19-9-11-21(2,3)12-10-19/h5-8,19-20H,4,9-16H2,1-3H3. The summed E-state index contributed by atoms with van der Waals surface area (Å²) in [7, 11) is 0. The van der Waals surface area contributed by atoms with E-state index in [2.05, 4.69) is 49.9 Å². The average molecular weight is 332 g/mol. The summed E-state index contributed by atoms with van der Waals surface area (Å²) in [6.45, 7) is 11.0. The Morgan fingerprint density at radius 1 is 1.17 bits per heavy atom. The molecule has 3 rings (SSSR count). The zero-order chi connectivity index (χ0) is 17.0. The zero-order valence-electron chi connectivity index (χ0n) is 15.6. The normalized spacial score (nSPS) is 25.5. The maximum absolute atomic E-state index is 6.20. The maximum atomic E-state index is 6.20. The molecule has 3 heteroatoms. The van der Waals surface area contributed by atoms with E-state index >= 15 is 0 Å². The molecule has 1 atom stereocenters. The molecule has 0 spiro atoms. The molecule has 0 bridgehead atoms. The lowest BCUT2D eigenvalue weighted by Crippen LogP contribution is -2.38. The highest BCUT2D eigenvalue weighted by Gasteiger charge is 2.28. The number of hydrogen-bond acceptors (Lipinski definition) is 3. The van der Waals surface area contributed by atoms with E-state index in [1.54, 1.807) is 0 Å². The van der Waals surface area contributed by atoms with Gasteiger partial charge in [0, 0.05) is 13.1 Å². The Morgan fingerprint density at radius 2 is 1.88 bits per heavy atom. The van der Waals surface area contributed by atoms with Crippen LogP contribution in [0.3, 0.4) is 0 Å². The summed E-state index contributed by atoms with van der Waals surface area (Å²) in [6, 6.07) is 8.61. The van der Waals surface area contributed by atoms with Crippen molar-refractivity contribution in [1.82, 2.24) is 4.90 Å². The molecule has 3 nitrogen and oxygen atoms in total. The monoisotopic (exact) mass is 331 g/mol. The van der Waals surface area contributed by atoms with Crippen molar-refractivity contribution in [2.45, 2.75) is 65.1 Å². The smallest absolute Gasteiger partial charge is 0.119 e. The van der Waals surface area contributed by atoms with E-state index in [0.717, 1.165) is 25.4 Å². The molecule has 1 heterocycles. The van der Waals surface area contributed by atoms with Crippen molar-refractivity contribution in [3.63, 3.8) is 0 Å². The molecule has 1 aromatic rings. The van der Waals surface area contributed by atoms with Gasteiger partial charge in [0.25, 0.3) is 0 Å². The van der Waals surface area contributed by atoms with Crippen molar-refractivity contribution < 1.29 is 9.47 Å². The lowest BCUT2D eigenvalue weighted by molar-refractivity contribution is -0.0298. The Morgan fingerprint density at radius 3 is 2.54 bits per heavy atom. The molecule has 1 saturated carbocycles. The zero-order valence-corrected chi connectivity index (χ0v) is 15.6. The molecular formula is C21H33NO2. The quantitative estimate of drug-likeness (QED) is 0.772. The van der Waals surface area contributed by atoms with E-state index in [1.807, 2.05) is 0 Å². The topological polar surface area (TPSA) is 21.7 Å². The lowest BCUT2D eigenvalue weighted by atomic mass is 9.76. The molecule has 0 amide bonds. The Labute approximate surface area is 147 Å². The van der Waals surface area contributed by atoms with Crippen LogP contribution in [0, 0.1) is 5.41 Å². The van der Waals surface area contributed by atoms with E-state index in [0.29, 0.717) is 11.5 Å². The van der Waals surface area contributed by atoms with Crippen LogP contribution >= 0.6 is 0 Å². The maximum Gasteiger partial charge on any atom is 0.119 e. The molecule has 2 fully saturated rings. The van der Waals surface area contributed by atoms with Crippen molar-refractivity contribution in [3.8, 4) is 5.75 Å². The van der Waals surface area contributed by atoms with Crippen LogP contribution in [-0.4, -0.2) is 37.2 Å². The van der Waals surface area contributed by atoms with Gasteiger partial charge in [0.1, 0.15) is 5.75 Å². The minimum Gasteiger partial charge on any atom is -0.490 e. The highest BCUT2D eigenvalue weighted by molar-refractivity contribution is 5.29. The van der Waals surface area contributed by atoms with Gasteiger partial charge in [-0.25, -0.2) is 0 Å². The van der Waals surface area contributed by atoms with Gasteiger partial charge < -0.3 is 9.47 Å². The van der Waals surface area contributed by atoms with Gasteiger partial charge in [-0.2, -0.15) is 0 Å². The van der Waals surface area contributed by atoms with Gasteiger partial charge in [-0.15, -0.1) is 0 Å². The van der Waals surface area contributed by atoms with Gasteiger partial charge >= 0.3 is 0 Å². The summed E-state index contributed by atoms with van der Waals surface area (Å²) in [4.78, 5) is 2.50. The molecule has 1 saturated heterocycles. The molecule has 24 heavy (non-hydrogen) atoms. The summed E-state index contributed by atoms with van der Waals surface area (Å²) in [6.07, 6.45) is 6.67. The van der Waals surface area contributed by atoms with Crippen LogP contribution < -0.4 is 4.74 Å². The number of morpholine rings is 1. The summed E-state index contributed by atoms with van der Waals surface area (Å²) >= 11 is 0. The van der Waals surface area contributed by atoms with Gasteiger partial charge in [-0.3, -0.25) is 4.90 Å². The van der Waals surface area contributed by atoms with Gasteiger partial charge in [-0.1, -0.05) is 32.9 Å². The minimum atomic E-state index is 0.204. The number of ether oxygens (including phenoxy) is 2. The molecule has 0 N–H and O–H groups in total. The van der Waals surface area contributed by atoms with Crippen molar-refractivity contribution in [2.75, 3.05) is 26.2 Å². The van der Waals surface area contributed by atoms with Crippen molar-refractivity contribution in [1.29, 1.82) is 0 Å². The van der Waals surface area contributed by atoms with Gasteiger partial charge in [0.05, 0.1) is 18.8 Å². The molecule has 1 aliphatic carbocycles. The predicted molar refractivity (Wildman–Crippen MR) is 98.5 cm³/mol. The molecule has 1 aromatic carbocycles. The summed E-state index contributed by atoms with van der Waals surface area (Å²) in [5, 5.41) is 0. The number of hydrogen-bond donors (Lipinski definition) is 0. The van der Waals surface area contributed by atoms with Crippen LogP contribution in [0.5, 0.6) is 5.75 Å². The first-order valence-electron chi connectivity index (χ1n) is 9.66. The Bertz CT molecular complexity index is 499. The average Bonchev–Trinajstić information content (AvgIpc) is 2.58. The highest BCUT2D eigenvalue weighted by Crippen LogP contribution is 2.36. The second-order valence-electron chi connectivity index (χ2n) is 8.21. The molecule has 1 unspecified atom stereocenters. The fourth-order valence-electron chi connectivity index (χ4n) is 3.87. The first kappa shape index (κ1) is 17.8. The third-order valence-corrected chi connectivity index (χ3v) is 5.53. The fraction of sp³-hybridized carbons (Fsp3) is 0.714. The van der Waals surface area contributed by atoms with Crippen molar-refractivity contribution >= 4 is 0 Å². The van der Waals surface area contributed by atoms with Crippen molar-refractivity contribution in [2.24, 2.45) is 5.41 Å². The lowest BCUT2D eigenvalue weighted by Gasteiger charge is -2.34. The van der Waals surface area contributed by atoms with Gasteiger partial charge in [0.2, 0.25) is 0 Å². The summed E-state index contributed by atoms with van der Waals surface area (Å²) in [5.74, 6) is 1.00. The van der Waals surface area contributed by atoms with Crippen LogP contribution in [0.15, 0.2) is 24.3 Å². The Balaban J connectivity index is 1.54. The highest BCUT2D eigenvalue weighted by atomic mass is 16.5. The SMILES string of the molecule is CCCN1CCOC(c2ccc(OC3CCC(C)(C)CC3)cc2)C1. The molecule has 0 aromatic heterocycles. The van der Waals surface area contributed by atoms with E-state index in [1.165, 1.54) is 44.2 Å². The van der Waals surface area contributed by atoms with Crippen LogP contribution in [0.2, 0.25) is 0 Å². The molecule has 134 valence electrons. The fourth-order valence-corrected chi connectivity index (χ4v) is 3.87. The minimum absolute atomic E-state index is 0.204. The van der Waals surface area contributed by atoms with Gasteiger partial charge in [-0.05, 0) is 61.8 Å². The van der Waals surface area contributed by atoms with Crippen LogP contribution in [0.1, 0.15) is 64.5 Å². The first-order valence-corrected chi connectivity index (χ1v) is 9.66. The van der Waals surface area contributed by atoms with E-state index < -0.39 is 0 Å². The molecule has 0 radical (unpaired) electrons. The van der Waals surface area contributed by atoms with Crippen LogP contribution in [0.25, 0.3) is 0 Å². The van der Waals surface area contributed by atoms with Crippen molar-refractivity contribution in [3.05, 3.63) is 29.8 Å². The Hall–Kier alpha value is -1.06. The third kappa shape index (κ3) is 4.73. The molecule has 1 aliphatic heterocycles. The molecular weight excluding hydrogens is 298 g/mol. The third-order valence-electron chi connectivity index (χ3n) is 5.53. The Kier molecular flexibility index (Phi) is 5.83. The summed E-state index contributed by atoms with van der Waals surface area (Å²) < 4.78 is 12.2. The van der Waals surface area contributed by atoms with Crippen LogP contribution in [0.4, 0.5) is 0 Å². The predicted octanol–water partition coefficient (Wildman–Crippen LogP) is 4.82.